The zero-order valence-corrected chi connectivity index (χ0v) is 13.8. The molecule has 1 heterocycles. The minimum absolute atomic E-state index is 0.258. The molecule has 1 aliphatic rings. The van der Waals surface area contributed by atoms with E-state index in [1.165, 1.54) is 12.8 Å². The van der Waals surface area contributed by atoms with Gasteiger partial charge in [0.15, 0.2) is 0 Å². The number of pyridine rings is 1. The smallest absolute Gasteiger partial charge is 0.127 e. The maximum Gasteiger partial charge on any atom is 0.127 e. The Bertz CT molecular complexity index is 739. The summed E-state index contributed by atoms with van der Waals surface area (Å²) in [6.07, 6.45) is 7.19. The third kappa shape index (κ3) is 3.89. The van der Waals surface area contributed by atoms with Crippen molar-refractivity contribution in [3.63, 3.8) is 0 Å². The number of nitrogens with zero attached hydrogens (tertiary/aromatic N) is 2. The second-order valence-corrected chi connectivity index (χ2v) is 6.19. The van der Waals surface area contributed by atoms with Gasteiger partial charge in [-0.05, 0) is 62.4 Å². The van der Waals surface area contributed by atoms with Gasteiger partial charge in [-0.1, -0.05) is 13.0 Å². The molecule has 3 N–H and O–H groups in total. The van der Waals surface area contributed by atoms with Crippen molar-refractivity contribution >= 4 is 22.4 Å². The average Bonchev–Trinajstić information content (AvgIpc) is 3.40. The first-order valence-corrected chi connectivity index (χ1v) is 8.33. The topological polar surface area (TPSA) is 63.3 Å². The molecular weight excluding hydrogens is 284 g/mol. The van der Waals surface area contributed by atoms with Gasteiger partial charge in [-0.25, -0.2) is 0 Å². The summed E-state index contributed by atoms with van der Waals surface area (Å²) in [5.41, 5.74) is 9.10. The Morgan fingerprint density at radius 3 is 2.96 bits per heavy atom. The predicted molar refractivity (Wildman–Crippen MR) is 97.5 cm³/mol. The summed E-state index contributed by atoms with van der Waals surface area (Å²) in [7, 11) is 0. The molecule has 1 fully saturated rings. The maximum absolute atomic E-state index is 6.19. The van der Waals surface area contributed by atoms with Crippen molar-refractivity contribution < 1.29 is 0 Å². The van der Waals surface area contributed by atoms with Gasteiger partial charge in [0.2, 0.25) is 0 Å². The zero-order chi connectivity index (χ0) is 16.2. The lowest BCUT2D eigenvalue weighted by atomic mass is 10.1. The molecule has 0 bridgehead atoms. The highest BCUT2D eigenvalue weighted by Gasteiger charge is 2.24. The van der Waals surface area contributed by atoms with E-state index in [1.54, 1.807) is 0 Å². The fraction of sp³-hybridized carbons (Fsp3) is 0.368. The summed E-state index contributed by atoms with van der Waals surface area (Å²) in [4.78, 5) is 9.18. The van der Waals surface area contributed by atoms with Crippen LogP contribution in [0.5, 0.6) is 0 Å². The van der Waals surface area contributed by atoms with Gasteiger partial charge in [-0.2, -0.15) is 0 Å². The summed E-state index contributed by atoms with van der Waals surface area (Å²) < 4.78 is 0. The van der Waals surface area contributed by atoms with E-state index in [-0.39, 0.29) is 6.04 Å². The molecule has 1 aromatic carbocycles. The molecule has 0 saturated heterocycles. The number of rotatable bonds is 5. The third-order valence-corrected chi connectivity index (χ3v) is 4.21. The molecule has 1 aliphatic carbocycles. The molecule has 23 heavy (non-hydrogen) atoms. The van der Waals surface area contributed by atoms with Crippen LogP contribution in [0.1, 0.15) is 33.1 Å². The number of allylic oxidation sites excluding steroid dienone is 1. The molecule has 1 atom stereocenters. The summed E-state index contributed by atoms with van der Waals surface area (Å²) >= 11 is 0. The van der Waals surface area contributed by atoms with Gasteiger partial charge >= 0.3 is 0 Å². The number of hydrogen-bond acceptors (Lipinski definition) is 3. The second-order valence-electron chi connectivity index (χ2n) is 6.19. The van der Waals surface area contributed by atoms with E-state index in [1.807, 2.05) is 30.5 Å². The maximum atomic E-state index is 6.19. The van der Waals surface area contributed by atoms with Gasteiger partial charge in [0.05, 0.1) is 5.52 Å². The standard InChI is InChI=1S/C19H24N4/c1-3-13(2)22-19(12-16(20)14-9-10-14)23-18-8-4-7-17-15(18)6-5-11-21-17/h4-8,11-14H,3,9-10,20H2,1-2H3,(H,22,23). The lowest BCUT2D eigenvalue weighted by Crippen LogP contribution is -2.16. The fourth-order valence-corrected chi connectivity index (χ4v) is 2.48. The molecule has 4 heteroatoms. The average molecular weight is 308 g/mol. The van der Waals surface area contributed by atoms with Crippen LogP contribution in [-0.4, -0.2) is 16.9 Å². The number of aliphatic imine (C=N–C) groups is 1. The first kappa shape index (κ1) is 15.5. The van der Waals surface area contributed by atoms with E-state index in [0.717, 1.165) is 34.5 Å². The Labute approximate surface area is 137 Å². The van der Waals surface area contributed by atoms with Crippen LogP contribution in [-0.2, 0) is 0 Å². The van der Waals surface area contributed by atoms with E-state index in [9.17, 15) is 0 Å². The molecule has 3 rings (SSSR count). The Morgan fingerprint density at radius 2 is 2.22 bits per heavy atom. The third-order valence-electron chi connectivity index (χ3n) is 4.21. The highest BCUT2D eigenvalue weighted by atomic mass is 15.0. The van der Waals surface area contributed by atoms with Crippen LogP contribution in [0.3, 0.4) is 0 Å². The zero-order valence-electron chi connectivity index (χ0n) is 13.8. The van der Waals surface area contributed by atoms with Crippen LogP contribution in [0.25, 0.3) is 10.9 Å². The van der Waals surface area contributed by atoms with Crippen molar-refractivity contribution in [3.8, 4) is 0 Å². The summed E-state index contributed by atoms with van der Waals surface area (Å²) in [5, 5.41) is 4.54. The lowest BCUT2D eigenvalue weighted by molar-refractivity contribution is 0.717. The highest BCUT2D eigenvalue weighted by molar-refractivity contribution is 6.08. The Balaban J connectivity index is 1.93. The first-order valence-electron chi connectivity index (χ1n) is 8.33. The van der Waals surface area contributed by atoms with Crippen molar-refractivity contribution in [2.45, 2.75) is 39.2 Å². The molecule has 1 saturated carbocycles. The number of amidine groups is 1. The second kappa shape index (κ2) is 6.82. The monoisotopic (exact) mass is 308 g/mol. The fourth-order valence-electron chi connectivity index (χ4n) is 2.48. The molecule has 4 nitrogen and oxygen atoms in total. The largest absolute Gasteiger partial charge is 0.402 e. The van der Waals surface area contributed by atoms with Gasteiger partial charge in [-0.15, -0.1) is 0 Å². The molecule has 120 valence electrons. The summed E-state index contributed by atoms with van der Waals surface area (Å²) in [6.45, 7) is 4.26. The van der Waals surface area contributed by atoms with Crippen molar-refractivity contribution in [3.05, 3.63) is 48.3 Å². The number of aromatic nitrogens is 1. The van der Waals surface area contributed by atoms with Crippen molar-refractivity contribution in [1.29, 1.82) is 0 Å². The highest BCUT2D eigenvalue weighted by Crippen LogP contribution is 2.33. The van der Waals surface area contributed by atoms with E-state index in [4.69, 9.17) is 10.7 Å². The Kier molecular flexibility index (Phi) is 4.60. The molecule has 0 amide bonds. The molecule has 0 spiro atoms. The number of hydrogen-bond donors (Lipinski definition) is 2. The quantitative estimate of drug-likeness (QED) is 0.646. The number of nitrogens with one attached hydrogen (secondary N) is 1. The van der Waals surface area contributed by atoms with Crippen LogP contribution in [0.4, 0.5) is 5.69 Å². The van der Waals surface area contributed by atoms with E-state index < -0.39 is 0 Å². The van der Waals surface area contributed by atoms with Crippen molar-refractivity contribution in [2.24, 2.45) is 16.6 Å². The molecule has 1 unspecified atom stereocenters. The van der Waals surface area contributed by atoms with Crippen LogP contribution in [0.15, 0.2) is 53.3 Å². The van der Waals surface area contributed by atoms with E-state index in [2.05, 4.69) is 36.3 Å². The van der Waals surface area contributed by atoms with Crippen molar-refractivity contribution in [1.82, 2.24) is 4.98 Å². The van der Waals surface area contributed by atoms with Gasteiger partial charge in [0.25, 0.3) is 0 Å². The molecule has 1 aromatic heterocycles. The summed E-state index contributed by atoms with van der Waals surface area (Å²) in [5.74, 6) is 1.37. The number of anilines is 1. The normalized spacial score (nSPS) is 17.3. The molecule has 2 aromatic rings. The SMILES string of the molecule is CCC(C)N=C(C=C(N)C1CC1)Nc1cccc2ncccc12. The predicted octanol–water partition coefficient (Wildman–Crippen LogP) is 4.10. The number of nitrogens with two attached hydrogens (primary N) is 1. The van der Waals surface area contributed by atoms with Gasteiger partial charge in [0.1, 0.15) is 5.84 Å². The van der Waals surface area contributed by atoms with Gasteiger partial charge < -0.3 is 11.1 Å². The van der Waals surface area contributed by atoms with Crippen LogP contribution in [0.2, 0.25) is 0 Å². The number of benzene rings is 1. The van der Waals surface area contributed by atoms with Crippen LogP contribution < -0.4 is 11.1 Å². The number of fused-ring (bicyclic) bond motifs is 1. The van der Waals surface area contributed by atoms with Gasteiger partial charge in [0, 0.05) is 29.0 Å². The van der Waals surface area contributed by atoms with E-state index in [0.29, 0.717) is 5.92 Å². The van der Waals surface area contributed by atoms with Crippen LogP contribution >= 0.6 is 0 Å². The lowest BCUT2D eigenvalue weighted by Gasteiger charge is -2.12. The van der Waals surface area contributed by atoms with Crippen molar-refractivity contribution in [2.75, 3.05) is 5.32 Å². The minimum atomic E-state index is 0.258. The minimum Gasteiger partial charge on any atom is -0.402 e. The molecular formula is C19H24N4. The Morgan fingerprint density at radius 1 is 1.39 bits per heavy atom. The first-order chi connectivity index (χ1) is 11.2. The summed E-state index contributed by atoms with van der Waals surface area (Å²) in [6, 6.07) is 10.4. The van der Waals surface area contributed by atoms with E-state index >= 15 is 0 Å². The Hall–Kier alpha value is -2.36. The van der Waals surface area contributed by atoms with Gasteiger partial charge in [-0.3, -0.25) is 9.98 Å². The molecule has 0 aliphatic heterocycles. The van der Waals surface area contributed by atoms with Crippen LogP contribution in [0, 0.1) is 5.92 Å². The molecule has 0 radical (unpaired) electrons.